The molecule has 0 spiro atoms. The summed E-state index contributed by atoms with van der Waals surface area (Å²) < 4.78 is 5.00. The summed E-state index contributed by atoms with van der Waals surface area (Å²) in [4.78, 5) is 4.28. The van der Waals surface area contributed by atoms with Crippen LogP contribution in [0.25, 0.3) is 0 Å². The van der Waals surface area contributed by atoms with Crippen LogP contribution >= 0.6 is 0 Å². The van der Waals surface area contributed by atoms with E-state index in [1.54, 1.807) is 0 Å². The molecule has 1 aliphatic rings. The van der Waals surface area contributed by atoms with Crippen LogP contribution in [0.5, 0.6) is 0 Å². The second kappa shape index (κ2) is 3.32. The van der Waals surface area contributed by atoms with Crippen molar-refractivity contribution in [2.75, 3.05) is 6.61 Å². The van der Waals surface area contributed by atoms with Crippen LogP contribution < -0.4 is 0 Å². The summed E-state index contributed by atoms with van der Waals surface area (Å²) in [5.41, 5.74) is 0. The molecule has 1 aliphatic heterocycles. The third-order valence-corrected chi connectivity index (χ3v) is 1.78. The van der Waals surface area contributed by atoms with Gasteiger partial charge in [-0.15, -0.1) is 0 Å². The molecule has 0 radical (unpaired) electrons. The molecule has 60 valence electrons. The Labute approximate surface area is 60.9 Å². The van der Waals surface area contributed by atoms with Crippen molar-refractivity contribution in [2.45, 2.75) is 32.5 Å². The number of epoxide rings is 1. The molecule has 0 aromatic rings. The van der Waals surface area contributed by atoms with E-state index >= 15 is 0 Å². The second-order valence-electron chi connectivity index (χ2n) is 3.08. The van der Waals surface area contributed by atoms with Crippen LogP contribution in [-0.2, 0) is 9.62 Å². The summed E-state index contributed by atoms with van der Waals surface area (Å²) in [5, 5.41) is 8.42. The zero-order valence-corrected chi connectivity index (χ0v) is 6.41. The highest BCUT2D eigenvalue weighted by atomic mass is 17.1. The minimum Gasteiger partial charge on any atom is -0.373 e. The molecule has 1 heterocycles. The maximum Gasteiger partial charge on any atom is 0.0975 e. The Hall–Kier alpha value is -0.120. The third kappa shape index (κ3) is 2.25. The average Bonchev–Trinajstić information content (AvgIpc) is 2.64. The monoisotopic (exact) mass is 146 g/mol. The summed E-state index contributed by atoms with van der Waals surface area (Å²) in [6.07, 6.45) is 1.08. The highest BCUT2D eigenvalue weighted by Crippen LogP contribution is 2.20. The third-order valence-electron chi connectivity index (χ3n) is 1.78. The lowest BCUT2D eigenvalue weighted by atomic mass is 10.0. The van der Waals surface area contributed by atoms with Gasteiger partial charge in [-0.2, -0.15) is 0 Å². The topological polar surface area (TPSA) is 42.0 Å². The van der Waals surface area contributed by atoms with E-state index in [-0.39, 0.29) is 6.10 Å². The maximum atomic E-state index is 8.42. The number of ether oxygens (including phenoxy) is 1. The van der Waals surface area contributed by atoms with Crippen molar-refractivity contribution >= 4 is 0 Å². The number of hydrogen-bond acceptors (Lipinski definition) is 3. The first-order valence-electron chi connectivity index (χ1n) is 3.66. The molecule has 0 aromatic carbocycles. The van der Waals surface area contributed by atoms with Crippen LogP contribution in [0.2, 0.25) is 0 Å². The van der Waals surface area contributed by atoms with E-state index in [9.17, 15) is 0 Å². The summed E-state index contributed by atoms with van der Waals surface area (Å²) in [7, 11) is 0. The fourth-order valence-corrected chi connectivity index (χ4v) is 0.900. The summed E-state index contributed by atoms with van der Waals surface area (Å²) in [6, 6.07) is 0. The molecular formula is C7H14O3. The number of hydrogen-bond donors (Lipinski definition) is 1. The van der Waals surface area contributed by atoms with Crippen LogP contribution in [0.1, 0.15) is 20.3 Å². The molecule has 2 unspecified atom stereocenters. The Morgan fingerprint density at radius 1 is 1.70 bits per heavy atom. The highest BCUT2D eigenvalue weighted by molar-refractivity contribution is 4.75. The molecule has 0 amide bonds. The quantitative estimate of drug-likeness (QED) is 0.369. The Bertz CT molecular complexity index is 99.0. The molecule has 3 nitrogen and oxygen atoms in total. The van der Waals surface area contributed by atoms with Gasteiger partial charge in [-0.05, 0) is 5.92 Å². The molecule has 0 aromatic heterocycles. The zero-order valence-electron chi connectivity index (χ0n) is 6.41. The Kier molecular flexibility index (Phi) is 2.65. The van der Waals surface area contributed by atoms with Crippen LogP contribution in [0, 0.1) is 5.92 Å². The fourth-order valence-electron chi connectivity index (χ4n) is 0.900. The molecule has 0 bridgehead atoms. The molecule has 10 heavy (non-hydrogen) atoms. The van der Waals surface area contributed by atoms with Crippen molar-refractivity contribution in [3.8, 4) is 0 Å². The van der Waals surface area contributed by atoms with E-state index in [1.807, 2.05) is 13.8 Å². The van der Waals surface area contributed by atoms with E-state index in [4.69, 9.17) is 9.99 Å². The molecule has 0 aliphatic carbocycles. The van der Waals surface area contributed by atoms with Gasteiger partial charge in [-0.1, -0.05) is 13.8 Å². The van der Waals surface area contributed by atoms with Gasteiger partial charge in [0.25, 0.3) is 0 Å². The van der Waals surface area contributed by atoms with Crippen LogP contribution in [0.4, 0.5) is 0 Å². The first-order valence-corrected chi connectivity index (χ1v) is 3.66. The minimum atomic E-state index is -0.0625. The standard InChI is InChI=1S/C7H14O3/c1-5(2)7(10-8)3-6-4-9-6/h5-8H,3-4H2,1-2H3. The van der Waals surface area contributed by atoms with Gasteiger partial charge in [-0.25, -0.2) is 4.89 Å². The smallest absolute Gasteiger partial charge is 0.0975 e. The first-order chi connectivity index (χ1) is 4.74. The van der Waals surface area contributed by atoms with Gasteiger partial charge in [0.2, 0.25) is 0 Å². The highest BCUT2D eigenvalue weighted by Gasteiger charge is 2.28. The van der Waals surface area contributed by atoms with Crippen LogP contribution in [-0.4, -0.2) is 24.1 Å². The van der Waals surface area contributed by atoms with Crippen molar-refractivity contribution < 1.29 is 14.9 Å². The zero-order chi connectivity index (χ0) is 7.56. The summed E-state index contributed by atoms with van der Waals surface area (Å²) in [6.45, 7) is 4.86. The molecule has 1 N–H and O–H groups in total. The van der Waals surface area contributed by atoms with Crippen molar-refractivity contribution in [1.29, 1.82) is 0 Å². The van der Waals surface area contributed by atoms with Crippen molar-refractivity contribution in [1.82, 2.24) is 0 Å². The Balaban J connectivity index is 2.17. The lowest BCUT2D eigenvalue weighted by Crippen LogP contribution is -2.20. The first kappa shape index (κ1) is 7.98. The maximum absolute atomic E-state index is 8.42. The minimum absolute atomic E-state index is 0.0625. The van der Waals surface area contributed by atoms with E-state index in [2.05, 4.69) is 4.89 Å². The molecule has 0 saturated carbocycles. The molecule has 1 saturated heterocycles. The lowest BCUT2D eigenvalue weighted by Gasteiger charge is -2.14. The normalized spacial score (nSPS) is 27.0. The summed E-state index contributed by atoms with van der Waals surface area (Å²) in [5.74, 6) is 0.356. The predicted octanol–water partition coefficient (Wildman–Crippen LogP) is 1.29. The van der Waals surface area contributed by atoms with Crippen molar-refractivity contribution in [3.05, 3.63) is 0 Å². The van der Waals surface area contributed by atoms with Crippen LogP contribution in [0.15, 0.2) is 0 Å². The van der Waals surface area contributed by atoms with E-state index < -0.39 is 0 Å². The molecule has 1 rings (SSSR count). The van der Waals surface area contributed by atoms with E-state index in [0.29, 0.717) is 12.0 Å². The SMILES string of the molecule is CC(C)C(CC1CO1)OO. The Morgan fingerprint density at radius 2 is 2.30 bits per heavy atom. The summed E-state index contributed by atoms with van der Waals surface area (Å²) >= 11 is 0. The van der Waals surface area contributed by atoms with Gasteiger partial charge in [0, 0.05) is 6.42 Å². The van der Waals surface area contributed by atoms with E-state index in [1.165, 1.54) is 0 Å². The molecule has 2 atom stereocenters. The van der Waals surface area contributed by atoms with Gasteiger partial charge >= 0.3 is 0 Å². The van der Waals surface area contributed by atoms with Crippen molar-refractivity contribution in [3.63, 3.8) is 0 Å². The van der Waals surface area contributed by atoms with Gasteiger partial charge < -0.3 is 4.74 Å². The van der Waals surface area contributed by atoms with Gasteiger partial charge in [-0.3, -0.25) is 5.26 Å². The number of rotatable bonds is 4. The lowest BCUT2D eigenvalue weighted by molar-refractivity contribution is -0.289. The fraction of sp³-hybridized carbons (Fsp3) is 1.00. The van der Waals surface area contributed by atoms with E-state index in [0.717, 1.165) is 13.0 Å². The predicted molar refractivity (Wildman–Crippen MR) is 36.7 cm³/mol. The Morgan fingerprint density at radius 3 is 2.60 bits per heavy atom. The molecule has 1 fully saturated rings. The average molecular weight is 146 g/mol. The molecular weight excluding hydrogens is 132 g/mol. The second-order valence-corrected chi connectivity index (χ2v) is 3.08. The van der Waals surface area contributed by atoms with Crippen molar-refractivity contribution in [2.24, 2.45) is 5.92 Å². The largest absolute Gasteiger partial charge is 0.373 e. The van der Waals surface area contributed by atoms with Crippen LogP contribution in [0.3, 0.4) is 0 Å². The van der Waals surface area contributed by atoms with Gasteiger partial charge in [0.15, 0.2) is 0 Å². The van der Waals surface area contributed by atoms with Gasteiger partial charge in [0.05, 0.1) is 18.8 Å². The molecule has 3 heteroatoms. The van der Waals surface area contributed by atoms with Gasteiger partial charge in [0.1, 0.15) is 0 Å².